The summed E-state index contributed by atoms with van der Waals surface area (Å²) in [7, 11) is 0. The molecule has 30 heavy (non-hydrogen) atoms. The van der Waals surface area contributed by atoms with E-state index < -0.39 is 12.0 Å². The molecule has 1 aliphatic rings. The molecular weight excluding hydrogens is 395 g/mol. The molecule has 1 unspecified atom stereocenters. The van der Waals surface area contributed by atoms with Crippen LogP contribution in [-0.4, -0.2) is 45.4 Å². The molecule has 1 atom stereocenters. The first-order valence-electron chi connectivity index (χ1n) is 9.68. The van der Waals surface area contributed by atoms with Gasteiger partial charge in [0.2, 0.25) is 5.82 Å². The molecule has 3 aromatic rings. The molecule has 0 spiro atoms. The summed E-state index contributed by atoms with van der Waals surface area (Å²) in [5.41, 5.74) is 1.77. The van der Waals surface area contributed by atoms with Gasteiger partial charge in [-0.1, -0.05) is 12.1 Å². The molecule has 1 fully saturated rings. The van der Waals surface area contributed by atoms with Crippen molar-refractivity contribution in [3.8, 4) is 0 Å². The third kappa shape index (κ3) is 4.25. The minimum absolute atomic E-state index is 0.240. The molecule has 1 N–H and O–H groups in total. The number of nitrogens with one attached hydrogen (secondary N) is 1. The molecule has 1 aliphatic heterocycles. The van der Waals surface area contributed by atoms with E-state index in [0.29, 0.717) is 11.1 Å². The Hall–Kier alpha value is -3.07. The van der Waals surface area contributed by atoms with Crippen molar-refractivity contribution in [3.63, 3.8) is 0 Å². The Labute approximate surface area is 171 Å². The fourth-order valence-corrected chi connectivity index (χ4v) is 3.75. The highest BCUT2D eigenvalue weighted by Gasteiger charge is 2.35. The fraction of sp³-hybridized carbons (Fsp3) is 0.333. The number of hydrogen-bond acceptors (Lipinski definition) is 5. The summed E-state index contributed by atoms with van der Waals surface area (Å²) in [5, 5.41) is 3.67. The lowest BCUT2D eigenvalue weighted by Crippen LogP contribution is -2.37. The van der Waals surface area contributed by atoms with E-state index in [0.717, 1.165) is 36.8 Å². The summed E-state index contributed by atoms with van der Waals surface area (Å²) in [6.07, 6.45) is 1.48. The molecule has 9 heteroatoms. The van der Waals surface area contributed by atoms with Crippen LogP contribution in [0.25, 0.3) is 10.9 Å². The highest BCUT2D eigenvalue weighted by Crippen LogP contribution is 2.28. The minimum Gasteiger partial charge on any atom is -0.350 e. The summed E-state index contributed by atoms with van der Waals surface area (Å²) >= 11 is 0. The Morgan fingerprint density at radius 2 is 1.80 bits per heavy atom. The molecule has 1 saturated heterocycles. The highest BCUT2D eigenvalue weighted by atomic mass is 19.4. The summed E-state index contributed by atoms with van der Waals surface area (Å²) in [4.78, 5) is 26.2. The van der Waals surface area contributed by atoms with Gasteiger partial charge in [-0.15, -0.1) is 0 Å². The van der Waals surface area contributed by atoms with E-state index in [1.165, 1.54) is 12.4 Å². The van der Waals surface area contributed by atoms with Crippen LogP contribution < -0.4 is 5.32 Å². The first kappa shape index (κ1) is 20.2. The second-order valence-corrected chi connectivity index (χ2v) is 7.18. The SMILES string of the molecule is O=C(NCC(c1cnc(C(F)(F)F)nc1)N1CCCC1)c1cccc2ncccc12. The number of rotatable bonds is 5. The Morgan fingerprint density at radius 1 is 1.07 bits per heavy atom. The Morgan fingerprint density at radius 3 is 2.50 bits per heavy atom. The van der Waals surface area contributed by atoms with Gasteiger partial charge in [-0.05, 0) is 44.1 Å². The first-order valence-corrected chi connectivity index (χ1v) is 9.68. The second kappa shape index (κ2) is 8.35. The van der Waals surface area contributed by atoms with Crippen LogP contribution in [0.15, 0.2) is 48.9 Å². The number of carbonyl (C=O) groups is 1. The lowest BCUT2D eigenvalue weighted by Gasteiger charge is -2.28. The number of nitrogens with zero attached hydrogens (tertiary/aromatic N) is 4. The summed E-state index contributed by atoms with van der Waals surface area (Å²) in [5.74, 6) is -1.43. The topological polar surface area (TPSA) is 71.0 Å². The van der Waals surface area contributed by atoms with E-state index in [4.69, 9.17) is 0 Å². The van der Waals surface area contributed by atoms with E-state index in [1.807, 2.05) is 12.1 Å². The predicted octanol–water partition coefficient (Wildman–Crippen LogP) is 3.61. The number of fused-ring (bicyclic) bond motifs is 1. The zero-order valence-corrected chi connectivity index (χ0v) is 16.1. The number of halogens is 3. The molecule has 2 aromatic heterocycles. The van der Waals surface area contributed by atoms with Crippen molar-refractivity contribution in [3.05, 3.63) is 65.9 Å². The smallest absolute Gasteiger partial charge is 0.350 e. The molecule has 0 aliphatic carbocycles. The van der Waals surface area contributed by atoms with E-state index in [1.54, 1.807) is 24.4 Å². The average Bonchev–Trinajstić information content (AvgIpc) is 3.27. The van der Waals surface area contributed by atoms with Crippen molar-refractivity contribution >= 4 is 16.8 Å². The van der Waals surface area contributed by atoms with Crippen molar-refractivity contribution < 1.29 is 18.0 Å². The zero-order valence-electron chi connectivity index (χ0n) is 16.1. The monoisotopic (exact) mass is 415 g/mol. The van der Waals surface area contributed by atoms with Crippen molar-refractivity contribution in [2.45, 2.75) is 25.1 Å². The standard InChI is InChI=1S/C21H20F3N5O/c22-21(23,24)20-27-11-14(12-28-20)18(29-9-1-2-10-29)13-26-19(30)16-5-3-7-17-15(16)6-4-8-25-17/h3-8,11-12,18H,1-2,9-10,13H2,(H,26,30). The predicted molar refractivity (Wildman–Crippen MR) is 105 cm³/mol. The molecular formula is C21H20F3N5O. The van der Waals surface area contributed by atoms with Crippen molar-refractivity contribution in [2.75, 3.05) is 19.6 Å². The van der Waals surface area contributed by atoms with Crippen LogP contribution in [0.4, 0.5) is 13.2 Å². The van der Waals surface area contributed by atoms with Gasteiger partial charge in [0.05, 0.1) is 11.6 Å². The van der Waals surface area contributed by atoms with Crippen molar-refractivity contribution in [1.82, 2.24) is 25.2 Å². The molecule has 6 nitrogen and oxygen atoms in total. The molecule has 156 valence electrons. The third-order valence-corrected chi connectivity index (χ3v) is 5.24. The summed E-state index contributed by atoms with van der Waals surface area (Å²) in [6, 6.07) is 8.63. The molecule has 0 radical (unpaired) electrons. The molecule has 4 rings (SSSR count). The summed E-state index contributed by atoms with van der Waals surface area (Å²) in [6.45, 7) is 1.85. The van der Waals surface area contributed by atoms with Crippen LogP contribution >= 0.6 is 0 Å². The number of amides is 1. The van der Waals surface area contributed by atoms with Crippen molar-refractivity contribution in [2.24, 2.45) is 0 Å². The lowest BCUT2D eigenvalue weighted by atomic mass is 10.1. The number of alkyl halides is 3. The van der Waals surface area contributed by atoms with Crippen LogP contribution in [0.1, 0.15) is 40.6 Å². The molecule has 3 heterocycles. The minimum atomic E-state index is -4.59. The molecule has 0 bridgehead atoms. The normalized spacial score (nSPS) is 16.0. The highest BCUT2D eigenvalue weighted by molar-refractivity contribution is 6.06. The van der Waals surface area contributed by atoms with Gasteiger partial charge in [0.25, 0.3) is 5.91 Å². The Kier molecular flexibility index (Phi) is 5.63. The fourth-order valence-electron chi connectivity index (χ4n) is 3.75. The van der Waals surface area contributed by atoms with Crippen LogP contribution in [0.5, 0.6) is 0 Å². The van der Waals surface area contributed by atoms with Crippen LogP contribution in [0, 0.1) is 0 Å². The van der Waals surface area contributed by atoms with E-state index >= 15 is 0 Å². The van der Waals surface area contributed by atoms with E-state index in [-0.39, 0.29) is 18.5 Å². The number of pyridine rings is 1. The van der Waals surface area contributed by atoms with Crippen LogP contribution in [0.2, 0.25) is 0 Å². The van der Waals surface area contributed by atoms with Crippen molar-refractivity contribution in [1.29, 1.82) is 0 Å². The van der Waals surface area contributed by atoms with Gasteiger partial charge in [-0.3, -0.25) is 14.7 Å². The Balaban J connectivity index is 1.54. The third-order valence-electron chi connectivity index (χ3n) is 5.24. The zero-order chi connectivity index (χ0) is 21.1. The lowest BCUT2D eigenvalue weighted by molar-refractivity contribution is -0.145. The van der Waals surface area contributed by atoms with Gasteiger partial charge >= 0.3 is 6.18 Å². The quantitative estimate of drug-likeness (QED) is 0.689. The molecule has 0 saturated carbocycles. The van der Waals surface area contributed by atoms with Gasteiger partial charge in [0.1, 0.15) is 0 Å². The van der Waals surface area contributed by atoms with Gasteiger partial charge < -0.3 is 5.32 Å². The van der Waals surface area contributed by atoms with Gasteiger partial charge in [-0.2, -0.15) is 13.2 Å². The number of aromatic nitrogens is 3. The maximum atomic E-state index is 12.9. The number of carbonyl (C=O) groups excluding carboxylic acids is 1. The average molecular weight is 415 g/mol. The number of hydrogen-bond donors (Lipinski definition) is 1. The van der Waals surface area contributed by atoms with Gasteiger partial charge in [0.15, 0.2) is 0 Å². The van der Waals surface area contributed by atoms with Gasteiger partial charge in [-0.25, -0.2) is 9.97 Å². The van der Waals surface area contributed by atoms with Crippen LogP contribution in [0.3, 0.4) is 0 Å². The summed E-state index contributed by atoms with van der Waals surface area (Å²) < 4.78 is 38.4. The second-order valence-electron chi connectivity index (χ2n) is 7.18. The van der Waals surface area contributed by atoms with E-state index in [2.05, 4.69) is 25.2 Å². The largest absolute Gasteiger partial charge is 0.451 e. The van der Waals surface area contributed by atoms with Gasteiger partial charge in [0, 0.05) is 41.6 Å². The maximum Gasteiger partial charge on any atom is 0.451 e. The number of likely N-dealkylation sites (tertiary alicyclic amines) is 1. The Bertz CT molecular complexity index is 1030. The molecule has 1 amide bonds. The first-order chi connectivity index (χ1) is 14.4. The van der Waals surface area contributed by atoms with E-state index in [9.17, 15) is 18.0 Å². The maximum absolute atomic E-state index is 12.9. The van der Waals surface area contributed by atoms with Crippen LogP contribution in [-0.2, 0) is 6.18 Å². The molecule has 1 aromatic carbocycles. The number of benzene rings is 1.